The fourth-order valence-corrected chi connectivity index (χ4v) is 3.89. The van der Waals surface area contributed by atoms with E-state index in [1.165, 1.54) is 4.88 Å². The Hall–Kier alpha value is -1.30. The summed E-state index contributed by atoms with van der Waals surface area (Å²) >= 11 is 9.55. The van der Waals surface area contributed by atoms with Gasteiger partial charge in [0, 0.05) is 33.6 Å². The lowest BCUT2D eigenvalue weighted by Gasteiger charge is -2.04. The summed E-state index contributed by atoms with van der Waals surface area (Å²) in [7, 11) is 2.00. The summed E-state index contributed by atoms with van der Waals surface area (Å²) in [5, 5.41) is 12.4. The van der Waals surface area contributed by atoms with Crippen molar-refractivity contribution >= 4 is 34.7 Å². The zero-order valence-electron chi connectivity index (χ0n) is 11.7. The first-order valence-electron chi connectivity index (χ1n) is 6.46. The first kappa shape index (κ1) is 14.6. The number of thioether (sulfide) groups is 1. The molecule has 0 aliphatic carbocycles. The second-order valence-electron chi connectivity index (χ2n) is 4.69. The maximum Gasteiger partial charge on any atom is 0.191 e. The summed E-state index contributed by atoms with van der Waals surface area (Å²) in [5.41, 5.74) is 2.23. The lowest BCUT2D eigenvalue weighted by atomic mass is 10.2. The van der Waals surface area contributed by atoms with Crippen LogP contribution in [0.1, 0.15) is 10.4 Å². The first-order valence-corrected chi connectivity index (χ1v) is 8.70. The van der Waals surface area contributed by atoms with Crippen LogP contribution in [0.2, 0.25) is 5.02 Å². The molecule has 0 spiro atoms. The summed E-state index contributed by atoms with van der Waals surface area (Å²) in [6, 6.07) is 10.0. The standard InChI is InChI=1S/C15H14ClN3S2/c1-10-7-12(9-20-10)14-17-18-15(19(14)2)21-8-11-5-3-4-6-13(11)16/h3-7,9H,8H2,1-2H3. The van der Waals surface area contributed by atoms with Crippen molar-refractivity contribution in [1.29, 1.82) is 0 Å². The third kappa shape index (κ3) is 3.15. The molecule has 0 saturated carbocycles. The number of hydrogen-bond acceptors (Lipinski definition) is 4. The zero-order valence-corrected chi connectivity index (χ0v) is 14.1. The minimum Gasteiger partial charge on any atom is -0.305 e. The van der Waals surface area contributed by atoms with Gasteiger partial charge in [-0.1, -0.05) is 41.6 Å². The van der Waals surface area contributed by atoms with Crippen molar-refractivity contribution in [2.24, 2.45) is 7.05 Å². The van der Waals surface area contributed by atoms with E-state index in [-0.39, 0.29) is 0 Å². The molecule has 0 unspecified atom stereocenters. The molecule has 0 saturated heterocycles. The topological polar surface area (TPSA) is 30.7 Å². The molecule has 2 heterocycles. The molecule has 2 aromatic heterocycles. The molecule has 3 aromatic rings. The van der Waals surface area contributed by atoms with Gasteiger partial charge in [0.05, 0.1) is 0 Å². The normalized spacial score (nSPS) is 11.0. The summed E-state index contributed by atoms with van der Waals surface area (Å²) in [5.74, 6) is 1.69. The SMILES string of the molecule is Cc1cc(-c2nnc(SCc3ccccc3Cl)n2C)cs1. The summed E-state index contributed by atoms with van der Waals surface area (Å²) in [4.78, 5) is 1.28. The van der Waals surface area contributed by atoms with E-state index in [0.717, 1.165) is 32.9 Å². The van der Waals surface area contributed by atoms with Crippen LogP contribution < -0.4 is 0 Å². The van der Waals surface area contributed by atoms with Gasteiger partial charge >= 0.3 is 0 Å². The second-order valence-corrected chi connectivity index (χ2v) is 7.16. The van der Waals surface area contributed by atoms with Gasteiger partial charge in [0.15, 0.2) is 11.0 Å². The maximum atomic E-state index is 6.18. The van der Waals surface area contributed by atoms with Gasteiger partial charge in [0.1, 0.15) is 0 Å². The highest BCUT2D eigenvalue weighted by Gasteiger charge is 2.12. The first-order chi connectivity index (χ1) is 10.1. The van der Waals surface area contributed by atoms with Crippen molar-refractivity contribution in [1.82, 2.24) is 14.8 Å². The van der Waals surface area contributed by atoms with E-state index in [1.54, 1.807) is 23.1 Å². The molecule has 6 heteroatoms. The highest BCUT2D eigenvalue weighted by molar-refractivity contribution is 7.98. The van der Waals surface area contributed by atoms with Crippen molar-refractivity contribution in [2.45, 2.75) is 17.8 Å². The van der Waals surface area contributed by atoms with Gasteiger partial charge in [0.25, 0.3) is 0 Å². The van der Waals surface area contributed by atoms with Gasteiger partial charge in [-0.3, -0.25) is 0 Å². The maximum absolute atomic E-state index is 6.18. The highest BCUT2D eigenvalue weighted by Crippen LogP contribution is 2.29. The van der Waals surface area contributed by atoms with Crippen LogP contribution in [0.25, 0.3) is 11.4 Å². The molecule has 0 amide bonds. The molecule has 0 aliphatic rings. The Kier molecular flexibility index (Phi) is 4.33. The number of rotatable bonds is 4. The molecule has 3 nitrogen and oxygen atoms in total. The predicted molar refractivity (Wildman–Crippen MR) is 90.1 cm³/mol. The number of nitrogens with zero attached hydrogens (tertiary/aromatic N) is 3. The van der Waals surface area contributed by atoms with E-state index in [1.807, 2.05) is 35.9 Å². The molecule has 0 fully saturated rings. The molecule has 0 N–H and O–H groups in total. The number of hydrogen-bond donors (Lipinski definition) is 0. The Bertz CT molecular complexity index is 764. The average Bonchev–Trinajstić information content (AvgIpc) is 3.04. The third-order valence-corrected chi connectivity index (χ3v) is 5.44. The zero-order chi connectivity index (χ0) is 14.8. The molecule has 21 heavy (non-hydrogen) atoms. The number of aryl methyl sites for hydroxylation is 1. The molecule has 0 atom stereocenters. The third-order valence-electron chi connectivity index (χ3n) is 3.14. The van der Waals surface area contributed by atoms with Crippen molar-refractivity contribution < 1.29 is 0 Å². The van der Waals surface area contributed by atoms with E-state index in [2.05, 4.69) is 28.6 Å². The Morgan fingerprint density at radius 1 is 1.29 bits per heavy atom. The van der Waals surface area contributed by atoms with E-state index < -0.39 is 0 Å². The fourth-order valence-electron chi connectivity index (χ4n) is 2.01. The molecule has 108 valence electrons. The van der Waals surface area contributed by atoms with Gasteiger partial charge < -0.3 is 4.57 Å². The van der Waals surface area contributed by atoms with Gasteiger partial charge in [-0.25, -0.2) is 0 Å². The molecule has 0 aliphatic heterocycles. The Labute approximate surface area is 137 Å². The number of halogens is 1. The fraction of sp³-hybridized carbons (Fsp3) is 0.200. The van der Waals surface area contributed by atoms with Crippen LogP contribution in [0.3, 0.4) is 0 Å². The van der Waals surface area contributed by atoms with Crippen molar-refractivity contribution in [2.75, 3.05) is 0 Å². The molecular weight excluding hydrogens is 322 g/mol. The molecule has 0 bridgehead atoms. The Morgan fingerprint density at radius 3 is 2.81 bits per heavy atom. The summed E-state index contributed by atoms with van der Waals surface area (Å²) in [6.45, 7) is 2.09. The van der Waals surface area contributed by atoms with Crippen LogP contribution in [0.5, 0.6) is 0 Å². The molecule has 3 rings (SSSR count). The smallest absolute Gasteiger partial charge is 0.191 e. The van der Waals surface area contributed by atoms with E-state index >= 15 is 0 Å². The van der Waals surface area contributed by atoms with Crippen LogP contribution in [-0.2, 0) is 12.8 Å². The molecule has 1 aromatic carbocycles. The highest BCUT2D eigenvalue weighted by atomic mass is 35.5. The molecule has 0 radical (unpaired) electrons. The van der Waals surface area contributed by atoms with Crippen LogP contribution in [0.15, 0.2) is 40.9 Å². The van der Waals surface area contributed by atoms with Crippen LogP contribution in [0, 0.1) is 6.92 Å². The number of thiophene rings is 1. The lowest BCUT2D eigenvalue weighted by Crippen LogP contribution is -1.94. The van der Waals surface area contributed by atoms with Crippen molar-refractivity contribution in [3.63, 3.8) is 0 Å². The Balaban J connectivity index is 1.78. The Morgan fingerprint density at radius 2 is 2.10 bits per heavy atom. The monoisotopic (exact) mass is 335 g/mol. The van der Waals surface area contributed by atoms with E-state index in [9.17, 15) is 0 Å². The minimum absolute atomic E-state index is 0.786. The average molecular weight is 336 g/mol. The van der Waals surface area contributed by atoms with Gasteiger partial charge in [-0.15, -0.1) is 21.5 Å². The van der Waals surface area contributed by atoms with Gasteiger partial charge in [0.2, 0.25) is 0 Å². The lowest BCUT2D eigenvalue weighted by molar-refractivity contribution is 0.794. The summed E-state index contributed by atoms with van der Waals surface area (Å²) < 4.78 is 2.03. The van der Waals surface area contributed by atoms with Crippen molar-refractivity contribution in [3.05, 3.63) is 51.2 Å². The quantitative estimate of drug-likeness (QED) is 0.642. The van der Waals surface area contributed by atoms with E-state index in [0.29, 0.717) is 0 Å². The largest absolute Gasteiger partial charge is 0.305 e. The minimum atomic E-state index is 0.786. The number of benzene rings is 1. The van der Waals surface area contributed by atoms with E-state index in [4.69, 9.17) is 11.6 Å². The second kappa shape index (κ2) is 6.22. The van der Waals surface area contributed by atoms with Crippen molar-refractivity contribution in [3.8, 4) is 11.4 Å². The predicted octanol–water partition coefficient (Wildman–Crippen LogP) is 4.80. The summed E-state index contributed by atoms with van der Waals surface area (Å²) in [6.07, 6.45) is 0. The number of aromatic nitrogens is 3. The van der Waals surface area contributed by atoms with Crippen LogP contribution in [-0.4, -0.2) is 14.8 Å². The van der Waals surface area contributed by atoms with Gasteiger partial charge in [-0.05, 0) is 24.6 Å². The van der Waals surface area contributed by atoms with Crippen LogP contribution in [0.4, 0.5) is 0 Å². The van der Waals surface area contributed by atoms with Crippen LogP contribution >= 0.6 is 34.7 Å². The molecular formula is C15H14ClN3S2. The van der Waals surface area contributed by atoms with Gasteiger partial charge in [-0.2, -0.15) is 0 Å².